The molecule has 19 heavy (non-hydrogen) atoms. The molecule has 0 atom stereocenters. The number of hydrogen-bond donors (Lipinski definition) is 1. The first kappa shape index (κ1) is 14.3. The summed E-state index contributed by atoms with van der Waals surface area (Å²) in [5.74, 6) is 0.531. The van der Waals surface area contributed by atoms with Gasteiger partial charge in [0.25, 0.3) is 0 Å². The molecule has 7 heteroatoms. The highest BCUT2D eigenvalue weighted by molar-refractivity contribution is 9.10. The second-order valence-electron chi connectivity index (χ2n) is 4.22. The molecule has 0 saturated heterocycles. The Hall–Kier alpha value is -1.08. The van der Waals surface area contributed by atoms with Gasteiger partial charge in [-0.1, -0.05) is 6.08 Å². The van der Waals surface area contributed by atoms with E-state index in [-0.39, 0.29) is 26.1 Å². The molecule has 0 aromatic carbocycles. The number of rotatable bonds is 2. The van der Waals surface area contributed by atoms with Gasteiger partial charge in [0, 0.05) is 34.9 Å². The largest absolute Gasteiger partial charge is 0.412 e. The molecule has 0 radical (unpaired) electrons. The molecular formula is C12H12BrF3N2O. The third-order valence-corrected chi connectivity index (χ3v) is 3.39. The second kappa shape index (κ2) is 5.50. The van der Waals surface area contributed by atoms with Gasteiger partial charge < -0.3 is 10.0 Å². The summed E-state index contributed by atoms with van der Waals surface area (Å²) in [6, 6.07) is 1.71. The highest BCUT2D eigenvalue weighted by Crippen LogP contribution is 2.32. The fraction of sp³-hybridized carbons (Fsp3) is 0.417. The van der Waals surface area contributed by atoms with Crippen molar-refractivity contribution in [1.82, 2.24) is 4.98 Å². The van der Waals surface area contributed by atoms with E-state index in [1.165, 1.54) is 6.08 Å². The lowest BCUT2D eigenvalue weighted by Gasteiger charge is -2.29. The molecule has 0 aliphatic carbocycles. The summed E-state index contributed by atoms with van der Waals surface area (Å²) in [6.07, 6.45) is -1.57. The van der Waals surface area contributed by atoms with Crippen molar-refractivity contribution in [2.45, 2.75) is 19.2 Å². The molecule has 2 heterocycles. The molecule has 104 valence electrons. The van der Waals surface area contributed by atoms with Gasteiger partial charge in [-0.15, -0.1) is 0 Å². The number of nitrogens with zero attached hydrogens (tertiary/aromatic N) is 2. The number of aromatic nitrogens is 1. The maximum absolute atomic E-state index is 12.5. The normalized spacial score (nSPS) is 16.5. The first-order valence-corrected chi connectivity index (χ1v) is 6.47. The minimum Gasteiger partial charge on any atom is -0.392 e. The summed E-state index contributed by atoms with van der Waals surface area (Å²) in [5, 5.41) is 9.27. The van der Waals surface area contributed by atoms with Gasteiger partial charge >= 0.3 is 6.18 Å². The van der Waals surface area contributed by atoms with E-state index in [0.29, 0.717) is 11.4 Å². The lowest BCUT2D eigenvalue weighted by molar-refractivity contribution is -0.0944. The molecule has 1 N–H and O–H groups in total. The second-order valence-corrected chi connectivity index (χ2v) is 5.13. The molecule has 1 aromatic rings. The van der Waals surface area contributed by atoms with E-state index in [9.17, 15) is 18.3 Å². The van der Waals surface area contributed by atoms with Crippen LogP contribution in [0.15, 0.2) is 28.4 Å². The predicted octanol–water partition coefficient (Wildman–Crippen LogP) is 3.04. The third kappa shape index (κ3) is 3.27. The van der Waals surface area contributed by atoms with Gasteiger partial charge in [0.2, 0.25) is 0 Å². The summed E-state index contributed by atoms with van der Waals surface area (Å²) < 4.78 is 38.3. The monoisotopic (exact) mass is 336 g/mol. The van der Waals surface area contributed by atoms with Crippen LogP contribution in [0.4, 0.5) is 19.0 Å². The van der Waals surface area contributed by atoms with E-state index < -0.39 is 11.7 Å². The molecule has 1 aliphatic heterocycles. The number of alkyl halides is 3. The first-order chi connectivity index (χ1) is 8.91. The predicted molar refractivity (Wildman–Crippen MR) is 68.8 cm³/mol. The van der Waals surface area contributed by atoms with Gasteiger partial charge in [-0.25, -0.2) is 4.98 Å². The van der Waals surface area contributed by atoms with Crippen LogP contribution in [0, 0.1) is 0 Å². The van der Waals surface area contributed by atoms with Crippen molar-refractivity contribution < 1.29 is 18.3 Å². The summed E-state index contributed by atoms with van der Waals surface area (Å²) >= 11 is 3.24. The summed E-state index contributed by atoms with van der Waals surface area (Å²) in [5.41, 5.74) is 0.102. The highest BCUT2D eigenvalue weighted by Gasteiger charge is 2.35. The van der Waals surface area contributed by atoms with Gasteiger partial charge in [0.1, 0.15) is 5.82 Å². The van der Waals surface area contributed by atoms with Crippen molar-refractivity contribution in [3.8, 4) is 0 Å². The third-order valence-electron chi connectivity index (χ3n) is 2.95. The van der Waals surface area contributed by atoms with Crippen LogP contribution in [0.25, 0.3) is 0 Å². The topological polar surface area (TPSA) is 36.4 Å². The molecule has 1 aromatic heterocycles. The van der Waals surface area contributed by atoms with Gasteiger partial charge in [-0.2, -0.15) is 13.2 Å². The van der Waals surface area contributed by atoms with E-state index in [0.717, 1.165) is 4.47 Å². The Kier molecular flexibility index (Phi) is 4.15. The summed E-state index contributed by atoms with van der Waals surface area (Å²) in [7, 11) is 0. The number of halogens is 4. The molecule has 0 unspecified atom stereocenters. The van der Waals surface area contributed by atoms with E-state index >= 15 is 0 Å². The smallest absolute Gasteiger partial charge is 0.392 e. The van der Waals surface area contributed by atoms with Gasteiger partial charge in [-0.05, 0) is 28.4 Å². The Bertz CT molecular complexity index is 502. The zero-order valence-electron chi connectivity index (χ0n) is 9.91. The zero-order valence-corrected chi connectivity index (χ0v) is 11.5. The van der Waals surface area contributed by atoms with Gasteiger partial charge in [0.15, 0.2) is 0 Å². The molecule has 2 rings (SSSR count). The summed E-state index contributed by atoms with van der Waals surface area (Å²) in [6.45, 7) is 0.192. The van der Waals surface area contributed by atoms with Crippen LogP contribution in [-0.4, -0.2) is 29.4 Å². The van der Waals surface area contributed by atoms with Crippen LogP contribution in [-0.2, 0) is 6.61 Å². The average molecular weight is 337 g/mol. The number of anilines is 1. The fourth-order valence-electron chi connectivity index (χ4n) is 1.99. The molecule has 3 nitrogen and oxygen atoms in total. The maximum Gasteiger partial charge on any atom is 0.412 e. The van der Waals surface area contributed by atoms with Crippen molar-refractivity contribution in [3.63, 3.8) is 0 Å². The van der Waals surface area contributed by atoms with Crippen molar-refractivity contribution in [3.05, 3.63) is 33.9 Å². The van der Waals surface area contributed by atoms with E-state index in [2.05, 4.69) is 20.9 Å². The molecule has 0 fully saturated rings. The lowest BCUT2D eigenvalue weighted by Crippen LogP contribution is -2.33. The minimum absolute atomic E-state index is 0.0634. The maximum atomic E-state index is 12.5. The number of pyridine rings is 1. The standard InChI is InChI=1S/C12H12BrF3N2O/c13-10-5-8(7-19)11(17-6-10)18-3-1-9(2-4-18)12(14,15)16/h1,5-6,19H,2-4,7H2. The minimum atomic E-state index is -4.25. The first-order valence-electron chi connectivity index (χ1n) is 5.68. The SMILES string of the molecule is OCc1cc(Br)cnc1N1CC=C(C(F)(F)F)CC1. The quantitative estimate of drug-likeness (QED) is 0.843. The number of aliphatic hydroxyl groups is 1. The van der Waals surface area contributed by atoms with Crippen LogP contribution in [0.1, 0.15) is 12.0 Å². The van der Waals surface area contributed by atoms with E-state index in [4.69, 9.17) is 0 Å². The lowest BCUT2D eigenvalue weighted by atomic mass is 10.1. The molecule has 0 saturated carbocycles. The number of aliphatic hydroxyl groups excluding tert-OH is 1. The van der Waals surface area contributed by atoms with Crippen molar-refractivity contribution in [2.75, 3.05) is 18.0 Å². The Morgan fingerprint density at radius 1 is 1.42 bits per heavy atom. The Morgan fingerprint density at radius 3 is 2.68 bits per heavy atom. The van der Waals surface area contributed by atoms with Crippen molar-refractivity contribution in [1.29, 1.82) is 0 Å². The Labute approximate surface area is 116 Å². The van der Waals surface area contributed by atoms with Crippen LogP contribution >= 0.6 is 15.9 Å². The molecule has 1 aliphatic rings. The molecule has 0 amide bonds. The fourth-order valence-corrected chi connectivity index (χ4v) is 2.37. The van der Waals surface area contributed by atoms with Crippen molar-refractivity contribution in [2.24, 2.45) is 0 Å². The van der Waals surface area contributed by atoms with Crippen molar-refractivity contribution >= 4 is 21.7 Å². The van der Waals surface area contributed by atoms with Crippen LogP contribution in [0.2, 0.25) is 0 Å². The summed E-state index contributed by atoms with van der Waals surface area (Å²) in [4.78, 5) is 5.90. The molecule has 0 bridgehead atoms. The van der Waals surface area contributed by atoms with Crippen LogP contribution in [0.3, 0.4) is 0 Å². The average Bonchev–Trinajstić information content (AvgIpc) is 2.37. The van der Waals surface area contributed by atoms with E-state index in [1.807, 2.05) is 0 Å². The van der Waals surface area contributed by atoms with E-state index in [1.54, 1.807) is 17.2 Å². The van der Waals surface area contributed by atoms with Gasteiger partial charge in [0.05, 0.1) is 6.61 Å². The Morgan fingerprint density at radius 2 is 2.16 bits per heavy atom. The van der Waals surface area contributed by atoms with Crippen LogP contribution < -0.4 is 4.90 Å². The zero-order chi connectivity index (χ0) is 14.0. The van der Waals surface area contributed by atoms with Crippen LogP contribution in [0.5, 0.6) is 0 Å². The molecular weight excluding hydrogens is 325 g/mol. The number of hydrogen-bond acceptors (Lipinski definition) is 3. The highest BCUT2D eigenvalue weighted by atomic mass is 79.9. The van der Waals surface area contributed by atoms with Gasteiger partial charge in [-0.3, -0.25) is 0 Å². The Balaban J connectivity index is 2.20. The molecule has 0 spiro atoms.